The summed E-state index contributed by atoms with van der Waals surface area (Å²) < 4.78 is 0. The number of halogens is 1. The number of amides is 1. The Hall–Kier alpha value is -1.06. The number of aliphatic hydroxyl groups is 1. The van der Waals surface area contributed by atoms with E-state index in [-0.39, 0.29) is 11.8 Å². The van der Waals surface area contributed by atoms with Crippen LogP contribution in [-0.4, -0.2) is 34.6 Å². The highest BCUT2D eigenvalue weighted by molar-refractivity contribution is 6.17. The minimum atomic E-state index is -0.722. The van der Waals surface area contributed by atoms with E-state index in [9.17, 15) is 9.90 Å². The molecule has 0 saturated carbocycles. The van der Waals surface area contributed by atoms with Gasteiger partial charge in [0.1, 0.15) is 5.60 Å². The fraction of sp³-hybridized carbons (Fsp3) is 0.500. The number of rotatable bonds is 3. The number of β-amino-alcohol motifs (C(OH)–C–C–N with tert-alkyl or cyclic N) is 1. The summed E-state index contributed by atoms with van der Waals surface area (Å²) in [5, 5.41) is 10.1. The summed E-state index contributed by atoms with van der Waals surface area (Å²) in [5.41, 5.74) is 0.848. The highest BCUT2D eigenvalue weighted by Crippen LogP contribution is 2.29. The van der Waals surface area contributed by atoms with Gasteiger partial charge in [0, 0.05) is 11.4 Å². The van der Waals surface area contributed by atoms with Crippen LogP contribution >= 0.6 is 11.6 Å². The van der Waals surface area contributed by atoms with Gasteiger partial charge in [0.25, 0.3) is 5.91 Å². The number of benzene rings is 1. The number of hydrogen-bond donors (Lipinski definition) is 1. The second kappa shape index (κ2) is 4.90. The Bertz CT molecular complexity index is 453. The van der Waals surface area contributed by atoms with E-state index in [0.29, 0.717) is 24.5 Å². The smallest absolute Gasteiger partial charge is 0.254 e. The molecule has 1 aliphatic heterocycles. The number of alkyl halides is 1. The lowest BCUT2D eigenvalue weighted by Gasteiger charge is -2.49. The van der Waals surface area contributed by atoms with Gasteiger partial charge < -0.3 is 10.0 Å². The Morgan fingerprint density at radius 1 is 1.50 bits per heavy atom. The molecule has 1 aliphatic rings. The van der Waals surface area contributed by atoms with Crippen molar-refractivity contribution in [1.82, 2.24) is 4.90 Å². The number of nitrogens with zero attached hydrogens (tertiary/aromatic N) is 1. The largest absolute Gasteiger partial charge is 0.386 e. The number of carbonyl (C=O) groups is 1. The van der Waals surface area contributed by atoms with E-state index in [2.05, 4.69) is 0 Å². The average molecular weight is 268 g/mol. The summed E-state index contributed by atoms with van der Waals surface area (Å²) in [6.07, 6.45) is 0. The van der Waals surface area contributed by atoms with Gasteiger partial charge in [-0.2, -0.15) is 0 Å². The van der Waals surface area contributed by atoms with E-state index in [1.807, 2.05) is 32.0 Å². The molecule has 3 nitrogen and oxygen atoms in total. The molecule has 18 heavy (non-hydrogen) atoms. The molecule has 1 aromatic rings. The van der Waals surface area contributed by atoms with Crippen LogP contribution < -0.4 is 0 Å². The molecule has 98 valence electrons. The van der Waals surface area contributed by atoms with E-state index in [1.54, 1.807) is 11.0 Å². The third-order valence-corrected chi connectivity index (χ3v) is 3.93. The molecular formula is C14H18ClNO2. The van der Waals surface area contributed by atoms with Crippen LogP contribution in [-0.2, 0) is 5.88 Å². The molecule has 0 aliphatic carbocycles. The standard InChI is InChI=1S/C14H18ClNO2/c1-10(2)14(18)8-16(9-14)13(17)12-5-3-4-11(6-12)7-15/h3-6,10,18H,7-9H2,1-2H3. The summed E-state index contributed by atoms with van der Waals surface area (Å²) in [6.45, 7) is 4.76. The van der Waals surface area contributed by atoms with Crippen molar-refractivity contribution < 1.29 is 9.90 Å². The van der Waals surface area contributed by atoms with E-state index >= 15 is 0 Å². The monoisotopic (exact) mass is 267 g/mol. The maximum Gasteiger partial charge on any atom is 0.254 e. The summed E-state index contributed by atoms with van der Waals surface area (Å²) in [6, 6.07) is 7.32. The van der Waals surface area contributed by atoms with Crippen molar-refractivity contribution in [2.24, 2.45) is 5.92 Å². The van der Waals surface area contributed by atoms with Crippen LogP contribution in [0.3, 0.4) is 0 Å². The molecule has 0 unspecified atom stereocenters. The third-order valence-electron chi connectivity index (χ3n) is 3.62. The van der Waals surface area contributed by atoms with Crippen LogP contribution in [0.2, 0.25) is 0 Å². The molecule has 0 radical (unpaired) electrons. The molecule has 0 bridgehead atoms. The Kier molecular flexibility index (Phi) is 3.64. The van der Waals surface area contributed by atoms with Crippen molar-refractivity contribution in [1.29, 1.82) is 0 Å². The number of carbonyl (C=O) groups excluding carboxylic acids is 1. The molecule has 0 aromatic heterocycles. The molecule has 1 amide bonds. The van der Waals surface area contributed by atoms with E-state index < -0.39 is 5.60 Å². The zero-order valence-electron chi connectivity index (χ0n) is 10.7. The van der Waals surface area contributed by atoms with E-state index in [0.717, 1.165) is 5.56 Å². The maximum absolute atomic E-state index is 12.2. The van der Waals surface area contributed by atoms with Crippen LogP contribution in [0.4, 0.5) is 0 Å². The highest BCUT2D eigenvalue weighted by atomic mass is 35.5. The van der Waals surface area contributed by atoms with Gasteiger partial charge in [-0.3, -0.25) is 4.79 Å². The van der Waals surface area contributed by atoms with Crippen molar-refractivity contribution in [3.05, 3.63) is 35.4 Å². The van der Waals surface area contributed by atoms with E-state index in [4.69, 9.17) is 11.6 Å². The quantitative estimate of drug-likeness (QED) is 0.854. The van der Waals surface area contributed by atoms with Gasteiger partial charge in [-0.25, -0.2) is 0 Å². The number of likely N-dealkylation sites (tertiary alicyclic amines) is 1. The fourth-order valence-corrected chi connectivity index (χ4v) is 2.26. The molecule has 2 rings (SSSR count). The normalized spacial score (nSPS) is 17.7. The topological polar surface area (TPSA) is 40.5 Å². The van der Waals surface area contributed by atoms with Crippen molar-refractivity contribution in [3.8, 4) is 0 Å². The van der Waals surface area contributed by atoms with Crippen LogP contribution in [0.5, 0.6) is 0 Å². The Balaban J connectivity index is 2.06. The molecular weight excluding hydrogens is 250 g/mol. The second-order valence-electron chi connectivity index (χ2n) is 5.25. The Morgan fingerprint density at radius 2 is 2.17 bits per heavy atom. The minimum absolute atomic E-state index is 0.0349. The summed E-state index contributed by atoms with van der Waals surface area (Å²) >= 11 is 5.75. The molecule has 1 N–H and O–H groups in total. The first kappa shape index (κ1) is 13.4. The van der Waals surface area contributed by atoms with Gasteiger partial charge in [-0.05, 0) is 23.6 Å². The molecule has 0 atom stereocenters. The third kappa shape index (κ3) is 2.38. The Labute approximate surface area is 112 Å². The van der Waals surface area contributed by atoms with Gasteiger partial charge >= 0.3 is 0 Å². The lowest BCUT2D eigenvalue weighted by Crippen LogP contribution is -2.65. The predicted molar refractivity (Wildman–Crippen MR) is 71.7 cm³/mol. The van der Waals surface area contributed by atoms with Crippen LogP contribution in [0, 0.1) is 5.92 Å². The number of hydrogen-bond acceptors (Lipinski definition) is 2. The van der Waals surface area contributed by atoms with Crippen molar-refractivity contribution in [2.75, 3.05) is 13.1 Å². The Morgan fingerprint density at radius 3 is 2.72 bits per heavy atom. The SMILES string of the molecule is CC(C)C1(O)CN(C(=O)c2cccc(CCl)c2)C1. The molecule has 1 fully saturated rings. The lowest BCUT2D eigenvalue weighted by molar-refractivity contribution is -0.110. The molecule has 0 spiro atoms. The van der Waals surface area contributed by atoms with Crippen molar-refractivity contribution >= 4 is 17.5 Å². The molecule has 1 saturated heterocycles. The van der Waals surface area contributed by atoms with Gasteiger partial charge in [0.15, 0.2) is 0 Å². The first-order valence-electron chi connectivity index (χ1n) is 6.13. The summed E-state index contributed by atoms with van der Waals surface area (Å²) in [5.74, 6) is 0.528. The first-order valence-corrected chi connectivity index (χ1v) is 6.66. The molecule has 1 aromatic carbocycles. The van der Waals surface area contributed by atoms with Crippen LogP contribution in [0.25, 0.3) is 0 Å². The van der Waals surface area contributed by atoms with Gasteiger partial charge in [0.05, 0.1) is 13.1 Å². The zero-order chi connectivity index (χ0) is 13.3. The van der Waals surface area contributed by atoms with Gasteiger partial charge in [0.2, 0.25) is 0 Å². The second-order valence-corrected chi connectivity index (χ2v) is 5.52. The van der Waals surface area contributed by atoms with Crippen LogP contribution in [0.15, 0.2) is 24.3 Å². The molecule has 1 heterocycles. The van der Waals surface area contributed by atoms with Gasteiger partial charge in [-0.15, -0.1) is 11.6 Å². The summed E-state index contributed by atoms with van der Waals surface area (Å²) in [4.78, 5) is 13.9. The van der Waals surface area contributed by atoms with Gasteiger partial charge in [-0.1, -0.05) is 26.0 Å². The summed E-state index contributed by atoms with van der Waals surface area (Å²) in [7, 11) is 0. The minimum Gasteiger partial charge on any atom is -0.386 e. The first-order chi connectivity index (χ1) is 8.46. The molecule has 4 heteroatoms. The maximum atomic E-state index is 12.2. The van der Waals surface area contributed by atoms with Crippen molar-refractivity contribution in [2.45, 2.75) is 25.3 Å². The van der Waals surface area contributed by atoms with Crippen LogP contribution in [0.1, 0.15) is 29.8 Å². The lowest BCUT2D eigenvalue weighted by atomic mass is 9.82. The fourth-order valence-electron chi connectivity index (χ4n) is 2.09. The van der Waals surface area contributed by atoms with Crippen molar-refractivity contribution in [3.63, 3.8) is 0 Å². The van der Waals surface area contributed by atoms with E-state index in [1.165, 1.54) is 0 Å². The predicted octanol–water partition coefficient (Wildman–Crippen LogP) is 2.27. The average Bonchev–Trinajstić information content (AvgIpc) is 2.34. The highest BCUT2D eigenvalue weighted by Gasteiger charge is 2.45. The zero-order valence-corrected chi connectivity index (χ0v) is 11.4.